The van der Waals surface area contributed by atoms with Gasteiger partial charge in [-0.1, -0.05) is 36.4 Å². The van der Waals surface area contributed by atoms with Crippen LogP contribution in [0.5, 0.6) is 11.5 Å². The Balaban J connectivity index is 1.57. The number of aromatic nitrogens is 1. The van der Waals surface area contributed by atoms with E-state index in [2.05, 4.69) is 4.98 Å². The molecular formula is C29H24N2O3. The fourth-order valence-corrected chi connectivity index (χ4v) is 3.99. The van der Waals surface area contributed by atoms with Crippen molar-refractivity contribution >= 4 is 11.3 Å². The Hall–Kier alpha value is -4.35. The second-order valence-electron chi connectivity index (χ2n) is 8.01. The summed E-state index contributed by atoms with van der Waals surface area (Å²) in [6.07, 6.45) is 4.02. The number of phenolic OH excluding ortho intramolecular Hbond substituents is 1. The molecule has 0 spiro atoms. The van der Waals surface area contributed by atoms with E-state index < -0.39 is 0 Å². The first-order valence-corrected chi connectivity index (χ1v) is 11.0. The highest BCUT2D eigenvalue weighted by atomic mass is 16.5. The molecule has 1 aliphatic rings. The SMILES string of the molecule is COc1ccc(C2=N/C(=C(/c3ccc(O)cc3)c3ccc(-c4ccc(CO)cc4)[nH]3)C=C2)cc1. The third-order valence-electron chi connectivity index (χ3n) is 5.84. The summed E-state index contributed by atoms with van der Waals surface area (Å²) in [6, 6.07) is 26.9. The number of benzene rings is 3. The van der Waals surface area contributed by atoms with E-state index in [-0.39, 0.29) is 12.4 Å². The molecule has 1 aliphatic heterocycles. The third kappa shape index (κ3) is 4.29. The van der Waals surface area contributed by atoms with Crippen molar-refractivity contribution < 1.29 is 14.9 Å². The van der Waals surface area contributed by atoms with E-state index in [0.717, 1.165) is 56.4 Å². The van der Waals surface area contributed by atoms with Gasteiger partial charge >= 0.3 is 0 Å². The topological polar surface area (TPSA) is 77.8 Å². The van der Waals surface area contributed by atoms with Crippen LogP contribution in [-0.4, -0.2) is 28.0 Å². The number of aromatic amines is 1. The van der Waals surface area contributed by atoms with Gasteiger partial charge in [-0.05, 0) is 77.4 Å². The monoisotopic (exact) mass is 448 g/mol. The van der Waals surface area contributed by atoms with E-state index >= 15 is 0 Å². The van der Waals surface area contributed by atoms with Gasteiger partial charge in [-0.15, -0.1) is 0 Å². The van der Waals surface area contributed by atoms with Crippen LogP contribution in [0.2, 0.25) is 0 Å². The Labute approximate surface area is 198 Å². The Morgan fingerprint density at radius 3 is 2.21 bits per heavy atom. The average molecular weight is 449 g/mol. The number of H-pyrrole nitrogens is 1. The van der Waals surface area contributed by atoms with Crippen molar-refractivity contribution in [2.75, 3.05) is 7.11 Å². The number of hydrogen-bond donors (Lipinski definition) is 3. The lowest BCUT2D eigenvalue weighted by Crippen LogP contribution is -1.95. The predicted octanol–water partition coefficient (Wildman–Crippen LogP) is 5.71. The maximum Gasteiger partial charge on any atom is 0.118 e. The Bertz CT molecular complexity index is 1390. The lowest BCUT2D eigenvalue weighted by atomic mass is 10.0. The van der Waals surface area contributed by atoms with E-state index in [9.17, 15) is 10.2 Å². The summed E-state index contributed by atoms with van der Waals surface area (Å²) in [5, 5.41) is 19.1. The van der Waals surface area contributed by atoms with E-state index in [1.165, 1.54) is 0 Å². The van der Waals surface area contributed by atoms with E-state index in [0.29, 0.717) is 0 Å². The van der Waals surface area contributed by atoms with Gasteiger partial charge in [-0.25, -0.2) is 4.99 Å². The molecule has 0 atom stereocenters. The summed E-state index contributed by atoms with van der Waals surface area (Å²) in [7, 11) is 1.65. The second kappa shape index (κ2) is 9.25. The number of hydrogen-bond acceptors (Lipinski definition) is 4. The molecule has 168 valence electrons. The summed E-state index contributed by atoms with van der Waals surface area (Å²) in [6.45, 7) is 0.0220. The van der Waals surface area contributed by atoms with Gasteiger partial charge in [0.15, 0.2) is 0 Å². The number of nitrogens with zero attached hydrogens (tertiary/aromatic N) is 1. The number of allylic oxidation sites excluding steroid dienone is 2. The molecule has 3 aromatic carbocycles. The van der Waals surface area contributed by atoms with Crippen molar-refractivity contribution in [3.63, 3.8) is 0 Å². The molecule has 5 nitrogen and oxygen atoms in total. The minimum Gasteiger partial charge on any atom is -0.508 e. The number of methoxy groups -OCH3 is 1. The number of aromatic hydroxyl groups is 1. The van der Waals surface area contributed by atoms with Crippen molar-refractivity contribution in [2.45, 2.75) is 6.61 Å². The lowest BCUT2D eigenvalue weighted by molar-refractivity contribution is 0.282. The molecule has 1 aromatic heterocycles. The van der Waals surface area contributed by atoms with E-state index in [1.54, 1.807) is 19.2 Å². The van der Waals surface area contributed by atoms with Gasteiger partial charge < -0.3 is 19.9 Å². The van der Waals surface area contributed by atoms with Crippen molar-refractivity contribution in [3.05, 3.63) is 125 Å². The minimum atomic E-state index is 0.0220. The number of aliphatic hydroxyl groups is 1. The lowest BCUT2D eigenvalue weighted by Gasteiger charge is -2.09. The fraction of sp³-hybridized carbons (Fsp3) is 0.0690. The zero-order chi connectivity index (χ0) is 23.5. The molecule has 5 rings (SSSR count). The van der Waals surface area contributed by atoms with Crippen LogP contribution in [0.1, 0.15) is 22.4 Å². The van der Waals surface area contributed by atoms with Gasteiger partial charge in [-0.3, -0.25) is 0 Å². The summed E-state index contributed by atoms with van der Waals surface area (Å²) in [5.74, 6) is 1.02. The van der Waals surface area contributed by atoms with Gasteiger partial charge in [-0.2, -0.15) is 0 Å². The molecule has 0 fully saturated rings. The first kappa shape index (κ1) is 21.5. The van der Waals surface area contributed by atoms with Crippen molar-refractivity contribution in [1.82, 2.24) is 4.98 Å². The van der Waals surface area contributed by atoms with Gasteiger partial charge in [0.1, 0.15) is 11.5 Å². The highest BCUT2D eigenvalue weighted by Gasteiger charge is 2.17. The highest BCUT2D eigenvalue weighted by molar-refractivity contribution is 6.12. The van der Waals surface area contributed by atoms with Crippen LogP contribution in [-0.2, 0) is 6.61 Å². The second-order valence-corrected chi connectivity index (χ2v) is 8.01. The molecule has 34 heavy (non-hydrogen) atoms. The van der Waals surface area contributed by atoms with Crippen LogP contribution in [0.25, 0.3) is 16.8 Å². The molecule has 0 amide bonds. The number of aliphatic hydroxyl groups excluding tert-OH is 1. The molecule has 0 bridgehead atoms. The number of aliphatic imine (C=N–C) groups is 1. The maximum absolute atomic E-state index is 9.81. The molecule has 0 saturated carbocycles. The Kier molecular flexibility index (Phi) is 5.85. The zero-order valence-corrected chi connectivity index (χ0v) is 18.7. The average Bonchev–Trinajstić information content (AvgIpc) is 3.57. The quantitative estimate of drug-likeness (QED) is 0.354. The molecule has 0 radical (unpaired) electrons. The standard InChI is InChI=1S/C29H24N2O3/c1-34-24-12-8-21(9-13-24)26-15-17-28(31-26)29(22-6-10-23(33)11-7-22)27-16-14-25(30-27)20-4-2-19(18-32)3-5-20/h2-17,30,32-33H,18H2,1H3/b29-28-. The molecule has 0 unspecified atom stereocenters. The number of phenols is 1. The summed E-state index contributed by atoms with van der Waals surface area (Å²) >= 11 is 0. The molecule has 3 N–H and O–H groups in total. The summed E-state index contributed by atoms with van der Waals surface area (Å²) < 4.78 is 5.26. The predicted molar refractivity (Wildman–Crippen MR) is 135 cm³/mol. The van der Waals surface area contributed by atoms with Gasteiger partial charge in [0, 0.05) is 22.5 Å². The van der Waals surface area contributed by atoms with Crippen LogP contribution in [0.4, 0.5) is 0 Å². The van der Waals surface area contributed by atoms with Gasteiger partial charge in [0.25, 0.3) is 0 Å². The highest BCUT2D eigenvalue weighted by Crippen LogP contribution is 2.33. The smallest absolute Gasteiger partial charge is 0.118 e. The van der Waals surface area contributed by atoms with E-state index in [4.69, 9.17) is 9.73 Å². The first-order chi connectivity index (χ1) is 16.6. The maximum atomic E-state index is 9.81. The number of nitrogens with one attached hydrogen (secondary N) is 1. The molecule has 4 aromatic rings. The molecular weight excluding hydrogens is 424 g/mol. The number of ether oxygens (including phenoxy) is 1. The van der Waals surface area contributed by atoms with Crippen molar-refractivity contribution in [3.8, 4) is 22.8 Å². The van der Waals surface area contributed by atoms with E-state index in [1.807, 2.05) is 84.9 Å². The molecule has 0 aliphatic carbocycles. The summed E-state index contributed by atoms with van der Waals surface area (Å²) in [4.78, 5) is 8.45. The zero-order valence-electron chi connectivity index (χ0n) is 18.7. The molecule has 5 heteroatoms. The molecule has 2 heterocycles. The van der Waals surface area contributed by atoms with Gasteiger partial charge in [0.2, 0.25) is 0 Å². The normalized spacial score (nSPS) is 14.2. The Morgan fingerprint density at radius 2 is 1.53 bits per heavy atom. The van der Waals surface area contributed by atoms with Crippen LogP contribution in [0.15, 0.2) is 108 Å². The summed E-state index contributed by atoms with van der Waals surface area (Å²) in [5.41, 5.74) is 8.40. The van der Waals surface area contributed by atoms with Crippen LogP contribution in [0, 0.1) is 0 Å². The third-order valence-corrected chi connectivity index (χ3v) is 5.84. The largest absolute Gasteiger partial charge is 0.508 e. The van der Waals surface area contributed by atoms with Crippen molar-refractivity contribution in [1.29, 1.82) is 0 Å². The van der Waals surface area contributed by atoms with Crippen molar-refractivity contribution in [2.24, 2.45) is 4.99 Å². The van der Waals surface area contributed by atoms with Gasteiger partial charge in [0.05, 0.1) is 25.1 Å². The first-order valence-electron chi connectivity index (χ1n) is 11.0. The van der Waals surface area contributed by atoms with Crippen LogP contribution < -0.4 is 4.74 Å². The van der Waals surface area contributed by atoms with Crippen LogP contribution >= 0.6 is 0 Å². The molecule has 0 saturated heterocycles. The van der Waals surface area contributed by atoms with Crippen LogP contribution in [0.3, 0.4) is 0 Å². The minimum absolute atomic E-state index is 0.0220. The number of rotatable bonds is 6. The Morgan fingerprint density at radius 1 is 0.824 bits per heavy atom. The fourth-order valence-electron chi connectivity index (χ4n) is 3.99.